The Bertz CT molecular complexity index is 380. The summed E-state index contributed by atoms with van der Waals surface area (Å²) in [5.41, 5.74) is -1.14. The maximum Gasteiger partial charge on any atom is 0.433 e. The third-order valence-corrected chi connectivity index (χ3v) is 2.07. The van der Waals surface area contributed by atoms with Gasteiger partial charge in [-0.3, -0.25) is 0 Å². The summed E-state index contributed by atoms with van der Waals surface area (Å²) < 4.78 is 61.9. The molecule has 0 fully saturated rings. The van der Waals surface area contributed by atoms with Crippen LogP contribution in [-0.4, -0.2) is 29.5 Å². The third-order valence-electron chi connectivity index (χ3n) is 2.07. The van der Waals surface area contributed by atoms with E-state index in [1.165, 1.54) is 0 Å². The molecule has 102 valence electrons. The molecule has 3 nitrogen and oxygen atoms in total. The Hall–Kier alpha value is -1.47. The standard InChI is InChI=1S/C10H12F5N3/c1-2-5-18(6-8(11)12)9-16-4-3-7(17-9)10(13,14)15/h3-4,8H,2,5-6H2,1H3. The number of hydrogen-bond donors (Lipinski definition) is 0. The van der Waals surface area contributed by atoms with Crippen LogP contribution >= 0.6 is 0 Å². The molecule has 0 aliphatic heterocycles. The summed E-state index contributed by atoms with van der Waals surface area (Å²) in [5.74, 6) is -0.327. The maximum absolute atomic E-state index is 12.4. The second-order valence-corrected chi connectivity index (χ2v) is 3.58. The summed E-state index contributed by atoms with van der Waals surface area (Å²) in [4.78, 5) is 7.92. The van der Waals surface area contributed by atoms with E-state index in [-0.39, 0.29) is 12.5 Å². The molecular weight excluding hydrogens is 257 g/mol. The number of aromatic nitrogens is 2. The zero-order chi connectivity index (χ0) is 13.8. The van der Waals surface area contributed by atoms with Crippen LogP contribution < -0.4 is 4.90 Å². The van der Waals surface area contributed by atoms with E-state index in [2.05, 4.69) is 9.97 Å². The lowest BCUT2D eigenvalue weighted by Gasteiger charge is -2.21. The van der Waals surface area contributed by atoms with E-state index in [9.17, 15) is 22.0 Å². The number of nitrogens with zero attached hydrogens (tertiary/aromatic N) is 3. The van der Waals surface area contributed by atoms with Gasteiger partial charge < -0.3 is 4.90 Å². The zero-order valence-corrected chi connectivity index (χ0v) is 9.58. The highest BCUT2D eigenvalue weighted by Crippen LogP contribution is 2.28. The lowest BCUT2D eigenvalue weighted by atomic mass is 10.4. The van der Waals surface area contributed by atoms with Crippen LogP contribution in [0, 0.1) is 0 Å². The number of alkyl halides is 5. The summed E-state index contributed by atoms with van der Waals surface area (Å²) in [6, 6.07) is 0.704. The topological polar surface area (TPSA) is 29.0 Å². The van der Waals surface area contributed by atoms with Crippen LogP contribution in [0.15, 0.2) is 12.3 Å². The number of anilines is 1. The molecule has 0 N–H and O–H groups in total. The molecular formula is C10H12F5N3. The zero-order valence-electron chi connectivity index (χ0n) is 9.58. The van der Waals surface area contributed by atoms with E-state index in [4.69, 9.17) is 0 Å². The fourth-order valence-electron chi connectivity index (χ4n) is 1.37. The van der Waals surface area contributed by atoms with Gasteiger partial charge in [0.05, 0.1) is 6.54 Å². The van der Waals surface area contributed by atoms with E-state index in [0.717, 1.165) is 11.1 Å². The van der Waals surface area contributed by atoms with Crippen molar-refractivity contribution in [3.63, 3.8) is 0 Å². The van der Waals surface area contributed by atoms with E-state index >= 15 is 0 Å². The quantitative estimate of drug-likeness (QED) is 0.769. The van der Waals surface area contributed by atoms with Crippen molar-refractivity contribution in [3.8, 4) is 0 Å². The van der Waals surface area contributed by atoms with Gasteiger partial charge in [-0.1, -0.05) is 6.92 Å². The van der Waals surface area contributed by atoms with Crippen molar-refractivity contribution in [3.05, 3.63) is 18.0 Å². The van der Waals surface area contributed by atoms with Crippen molar-refractivity contribution in [1.82, 2.24) is 9.97 Å². The predicted octanol–water partition coefficient (Wildman–Crippen LogP) is 2.98. The van der Waals surface area contributed by atoms with Gasteiger partial charge in [0.1, 0.15) is 5.69 Å². The molecule has 1 aromatic rings. The third kappa shape index (κ3) is 4.08. The van der Waals surface area contributed by atoms with Gasteiger partial charge in [-0.15, -0.1) is 0 Å². The minimum Gasteiger partial charge on any atom is -0.335 e. The highest BCUT2D eigenvalue weighted by atomic mass is 19.4. The lowest BCUT2D eigenvalue weighted by Crippen LogP contribution is -2.31. The highest BCUT2D eigenvalue weighted by molar-refractivity contribution is 5.30. The lowest BCUT2D eigenvalue weighted by molar-refractivity contribution is -0.141. The first-order valence-electron chi connectivity index (χ1n) is 5.28. The molecule has 18 heavy (non-hydrogen) atoms. The molecule has 0 radical (unpaired) electrons. The first kappa shape index (κ1) is 14.6. The normalized spacial score (nSPS) is 11.9. The Morgan fingerprint density at radius 1 is 1.33 bits per heavy atom. The average Bonchev–Trinajstić information content (AvgIpc) is 2.27. The van der Waals surface area contributed by atoms with Crippen molar-refractivity contribution in [1.29, 1.82) is 0 Å². The van der Waals surface area contributed by atoms with Gasteiger partial charge in [0, 0.05) is 12.7 Å². The Morgan fingerprint density at radius 3 is 2.50 bits per heavy atom. The van der Waals surface area contributed by atoms with Crippen LogP contribution in [0.4, 0.5) is 27.9 Å². The molecule has 1 rings (SSSR count). The van der Waals surface area contributed by atoms with Crippen LogP contribution in [0.3, 0.4) is 0 Å². The van der Waals surface area contributed by atoms with Crippen LogP contribution in [-0.2, 0) is 6.18 Å². The minimum absolute atomic E-state index is 0.172. The van der Waals surface area contributed by atoms with Crippen molar-refractivity contribution in [2.45, 2.75) is 25.9 Å². The van der Waals surface area contributed by atoms with Crippen molar-refractivity contribution < 1.29 is 22.0 Å². The summed E-state index contributed by atoms with van der Waals surface area (Å²) in [5, 5.41) is 0. The van der Waals surface area contributed by atoms with Gasteiger partial charge in [-0.25, -0.2) is 18.7 Å². The number of hydrogen-bond acceptors (Lipinski definition) is 3. The van der Waals surface area contributed by atoms with Gasteiger partial charge in [0.15, 0.2) is 0 Å². The molecule has 0 atom stereocenters. The van der Waals surface area contributed by atoms with E-state index < -0.39 is 24.8 Å². The SMILES string of the molecule is CCCN(CC(F)F)c1nccc(C(F)(F)F)n1. The summed E-state index contributed by atoms with van der Waals surface area (Å²) >= 11 is 0. The summed E-state index contributed by atoms with van der Waals surface area (Å²) in [7, 11) is 0. The molecule has 0 amide bonds. The number of halogens is 5. The molecule has 0 aliphatic rings. The fraction of sp³-hybridized carbons (Fsp3) is 0.600. The van der Waals surface area contributed by atoms with Crippen LogP contribution in [0.1, 0.15) is 19.0 Å². The largest absolute Gasteiger partial charge is 0.433 e. The van der Waals surface area contributed by atoms with Crippen LogP contribution in [0.25, 0.3) is 0 Å². The summed E-state index contributed by atoms with van der Waals surface area (Å²) in [6.45, 7) is 1.22. The van der Waals surface area contributed by atoms with E-state index in [0.29, 0.717) is 12.5 Å². The molecule has 0 bridgehead atoms. The second-order valence-electron chi connectivity index (χ2n) is 3.58. The molecule has 0 spiro atoms. The molecule has 0 aromatic carbocycles. The second kappa shape index (κ2) is 5.92. The minimum atomic E-state index is -4.61. The van der Waals surface area contributed by atoms with Gasteiger partial charge in [-0.2, -0.15) is 13.2 Å². The van der Waals surface area contributed by atoms with Gasteiger partial charge in [0.2, 0.25) is 5.95 Å². The van der Waals surface area contributed by atoms with E-state index in [1.807, 2.05) is 0 Å². The molecule has 0 unspecified atom stereocenters. The van der Waals surface area contributed by atoms with Gasteiger partial charge in [-0.05, 0) is 12.5 Å². The first-order chi connectivity index (χ1) is 8.34. The van der Waals surface area contributed by atoms with Gasteiger partial charge >= 0.3 is 6.18 Å². The first-order valence-corrected chi connectivity index (χ1v) is 5.28. The molecule has 0 aliphatic carbocycles. The highest BCUT2D eigenvalue weighted by Gasteiger charge is 2.33. The Morgan fingerprint density at radius 2 is 2.00 bits per heavy atom. The monoisotopic (exact) mass is 269 g/mol. The Balaban J connectivity index is 2.97. The van der Waals surface area contributed by atoms with Crippen LogP contribution in [0.5, 0.6) is 0 Å². The number of rotatable bonds is 5. The van der Waals surface area contributed by atoms with E-state index in [1.54, 1.807) is 6.92 Å². The van der Waals surface area contributed by atoms with Crippen molar-refractivity contribution in [2.24, 2.45) is 0 Å². The van der Waals surface area contributed by atoms with Gasteiger partial charge in [0.25, 0.3) is 6.43 Å². The predicted molar refractivity (Wildman–Crippen MR) is 55.5 cm³/mol. The average molecular weight is 269 g/mol. The fourth-order valence-corrected chi connectivity index (χ4v) is 1.37. The van der Waals surface area contributed by atoms with Crippen molar-refractivity contribution >= 4 is 5.95 Å². The molecule has 1 aromatic heterocycles. The Labute approximate surface area is 101 Å². The van der Waals surface area contributed by atoms with Crippen LogP contribution in [0.2, 0.25) is 0 Å². The molecule has 8 heteroatoms. The smallest absolute Gasteiger partial charge is 0.335 e. The van der Waals surface area contributed by atoms with Crippen molar-refractivity contribution in [2.75, 3.05) is 18.0 Å². The summed E-state index contributed by atoms with van der Waals surface area (Å²) in [6.07, 6.45) is -5.85. The molecule has 0 saturated heterocycles. The molecule has 0 saturated carbocycles. The molecule has 1 heterocycles. The Kier molecular flexibility index (Phi) is 4.80. The maximum atomic E-state index is 12.4.